The Morgan fingerprint density at radius 2 is 2.14 bits per heavy atom. The van der Waals surface area contributed by atoms with E-state index >= 15 is 0 Å². The van der Waals surface area contributed by atoms with Crippen LogP contribution in [0.15, 0.2) is 29.6 Å². The molecule has 0 unspecified atom stereocenters. The van der Waals surface area contributed by atoms with E-state index in [0.717, 1.165) is 10.2 Å². The number of aromatic nitrogens is 2. The molecule has 0 bridgehead atoms. The third-order valence-corrected chi connectivity index (χ3v) is 4.03. The predicted octanol–water partition coefficient (Wildman–Crippen LogP) is 4.00. The lowest BCUT2D eigenvalue weighted by Crippen LogP contribution is -2.01. The van der Waals surface area contributed by atoms with Crippen molar-refractivity contribution in [1.29, 1.82) is 5.26 Å². The van der Waals surface area contributed by atoms with Gasteiger partial charge in [0.1, 0.15) is 10.6 Å². The van der Waals surface area contributed by atoms with Crippen molar-refractivity contribution < 1.29 is 0 Å². The van der Waals surface area contributed by atoms with Gasteiger partial charge in [-0.3, -0.25) is 0 Å². The summed E-state index contributed by atoms with van der Waals surface area (Å²) in [6.07, 6.45) is 0. The van der Waals surface area contributed by atoms with Gasteiger partial charge in [-0.1, -0.05) is 11.6 Å². The van der Waals surface area contributed by atoms with Crippen LogP contribution in [0.1, 0.15) is 5.56 Å². The van der Waals surface area contributed by atoms with Crippen molar-refractivity contribution in [3.63, 3.8) is 0 Å². The fourth-order valence-corrected chi connectivity index (χ4v) is 2.81. The molecule has 104 valence electrons. The highest BCUT2D eigenvalue weighted by Crippen LogP contribution is 2.31. The molecule has 5 nitrogen and oxygen atoms in total. The highest BCUT2D eigenvalue weighted by atomic mass is 35.5. The number of halogens is 1. The molecule has 0 aliphatic rings. The smallest absolute Gasteiger partial charge is 0.225 e. The van der Waals surface area contributed by atoms with Gasteiger partial charge in [0.2, 0.25) is 5.95 Å². The maximum Gasteiger partial charge on any atom is 0.225 e. The molecule has 3 aromatic rings. The molecule has 7 heteroatoms. The molecule has 0 aliphatic carbocycles. The van der Waals surface area contributed by atoms with E-state index in [0.29, 0.717) is 28.0 Å². The second-order valence-corrected chi connectivity index (χ2v) is 5.52. The second-order valence-electron chi connectivity index (χ2n) is 4.22. The van der Waals surface area contributed by atoms with Crippen molar-refractivity contribution in [3.8, 4) is 6.07 Å². The summed E-state index contributed by atoms with van der Waals surface area (Å²) in [5.74, 6) is 1.18. The summed E-state index contributed by atoms with van der Waals surface area (Å²) in [6, 6.07) is 9.10. The summed E-state index contributed by atoms with van der Waals surface area (Å²) in [7, 11) is 1.77. The molecule has 3 rings (SSSR count). The van der Waals surface area contributed by atoms with Gasteiger partial charge >= 0.3 is 0 Å². The van der Waals surface area contributed by atoms with E-state index in [4.69, 9.17) is 16.9 Å². The molecular formula is C14H10ClN5S. The Morgan fingerprint density at radius 3 is 2.90 bits per heavy atom. The molecule has 2 N–H and O–H groups in total. The lowest BCUT2D eigenvalue weighted by molar-refractivity contribution is 1.20. The molecule has 0 radical (unpaired) electrons. The first-order valence-corrected chi connectivity index (χ1v) is 7.36. The van der Waals surface area contributed by atoms with Gasteiger partial charge < -0.3 is 10.6 Å². The van der Waals surface area contributed by atoms with Crippen molar-refractivity contribution in [2.24, 2.45) is 0 Å². The second kappa shape index (κ2) is 5.56. The van der Waals surface area contributed by atoms with Crippen LogP contribution in [0, 0.1) is 11.3 Å². The number of nitrogens with zero attached hydrogens (tertiary/aromatic N) is 3. The van der Waals surface area contributed by atoms with Gasteiger partial charge in [0.25, 0.3) is 0 Å². The van der Waals surface area contributed by atoms with Gasteiger partial charge in [-0.2, -0.15) is 10.2 Å². The summed E-state index contributed by atoms with van der Waals surface area (Å²) >= 11 is 7.71. The van der Waals surface area contributed by atoms with E-state index in [9.17, 15) is 0 Å². The fraction of sp³-hybridized carbons (Fsp3) is 0.0714. The van der Waals surface area contributed by atoms with Crippen LogP contribution in [-0.4, -0.2) is 17.0 Å². The van der Waals surface area contributed by atoms with E-state index in [2.05, 4.69) is 26.7 Å². The minimum Gasteiger partial charge on any atom is -0.357 e. The lowest BCUT2D eigenvalue weighted by atomic mass is 10.2. The molecule has 0 spiro atoms. The topological polar surface area (TPSA) is 73.6 Å². The normalized spacial score (nSPS) is 10.3. The Bertz CT molecular complexity index is 852. The third-order valence-electron chi connectivity index (χ3n) is 2.90. The maximum atomic E-state index is 8.99. The number of fused-ring (bicyclic) bond motifs is 1. The van der Waals surface area contributed by atoms with Crippen molar-refractivity contribution in [1.82, 2.24) is 9.97 Å². The summed E-state index contributed by atoms with van der Waals surface area (Å²) in [5, 5.41) is 18.5. The molecule has 0 amide bonds. The Kier molecular flexibility index (Phi) is 3.60. The van der Waals surface area contributed by atoms with Crippen LogP contribution in [0.5, 0.6) is 0 Å². The molecule has 1 aromatic carbocycles. The summed E-state index contributed by atoms with van der Waals surface area (Å²) in [5.41, 5.74) is 1.18. The zero-order valence-corrected chi connectivity index (χ0v) is 12.6. The Hall–Kier alpha value is -2.36. The van der Waals surface area contributed by atoms with Crippen LogP contribution < -0.4 is 10.6 Å². The van der Waals surface area contributed by atoms with Crippen LogP contribution in [0.4, 0.5) is 17.5 Å². The fourth-order valence-electron chi connectivity index (χ4n) is 1.88. The SMILES string of the molecule is CNc1nc(Nc2cc(C#N)ccc2Cl)c2ccsc2n1. The molecular weight excluding hydrogens is 306 g/mol. The van der Waals surface area contributed by atoms with E-state index in [1.807, 2.05) is 11.4 Å². The summed E-state index contributed by atoms with van der Waals surface area (Å²) < 4.78 is 0. The first-order valence-electron chi connectivity index (χ1n) is 6.11. The number of benzene rings is 1. The predicted molar refractivity (Wildman–Crippen MR) is 86.4 cm³/mol. The van der Waals surface area contributed by atoms with Crippen molar-refractivity contribution in [3.05, 3.63) is 40.2 Å². The Labute approximate surface area is 130 Å². The number of anilines is 3. The van der Waals surface area contributed by atoms with Crippen molar-refractivity contribution in [2.45, 2.75) is 0 Å². The van der Waals surface area contributed by atoms with Gasteiger partial charge in [0.15, 0.2) is 0 Å². The molecule has 21 heavy (non-hydrogen) atoms. The number of rotatable bonds is 3. The van der Waals surface area contributed by atoms with E-state index < -0.39 is 0 Å². The molecule has 0 atom stereocenters. The van der Waals surface area contributed by atoms with Gasteiger partial charge in [0.05, 0.1) is 27.7 Å². The van der Waals surface area contributed by atoms with E-state index in [-0.39, 0.29) is 0 Å². The third kappa shape index (κ3) is 2.61. The number of thiophene rings is 1. The first-order chi connectivity index (χ1) is 10.2. The minimum absolute atomic E-state index is 0.528. The van der Waals surface area contributed by atoms with Crippen molar-refractivity contribution in [2.75, 3.05) is 17.7 Å². The molecule has 0 aliphatic heterocycles. The van der Waals surface area contributed by atoms with Gasteiger partial charge in [-0.25, -0.2) is 4.98 Å². The van der Waals surface area contributed by atoms with E-state index in [1.54, 1.807) is 25.2 Å². The standard InChI is InChI=1S/C14H10ClN5S/c1-17-14-19-12(9-4-5-21-13(9)20-14)18-11-6-8(7-16)2-3-10(11)15/h2-6H,1H3,(H2,17,18,19,20). The van der Waals surface area contributed by atoms with Crippen molar-refractivity contribution >= 4 is 50.6 Å². The highest BCUT2D eigenvalue weighted by Gasteiger charge is 2.10. The number of nitriles is 1. The minimum atomic E-state index is 0.528. The number of hydrogen-bond acceptors (Lipinski definition) is 6. The number of hydrogen-bond donors (Lipinski definition) is 2. The van der Waals surface area contributed by atoms with Gasteiger partial charge in [-0.05, 0) is 29.6 Å². The van der Waals surface area contributed by atoms with Crippen LogP contribution in [0.25, 0.3) is 10.2 Å². The van der Waals surface area contributed by atoms with Gasteiger partial charge in [0, 0.05) is 7.05 Å². The zero-order valence-electron chi connectivity index (χ0n) is 11.0. The summed E-state index contributed by atoms with van der Waals surface area (Å²) in [4.78, 5) is 9.68. The van der Waals surface area contributed by atoms with E-state index in [1.165, 1.54) is 11.3 Å². The maximum absolute atomic E-state index is 8.99. The molecule has 2 aromatic heterocycles. The largest absolute Gasteiger partial charge is 0.357 e. The average molecular weight is 316 g/mol. The Morgan fingerprint density at radius 1 is 1.29 bits per heavy atom. The van der Waals surface area contributed by atoms with Crippen LogP contribution >= 0.6 is 22.9 Å². The number of nitrogens with one attached hydrogen (secondary N) is 2. The zero-order chi connectivity index (χ0) is 14.8. The average Bonchev–Trinajstić information content (AvgIpc) is 2.98. The molecule has 0 saturated carbocycles. The molecule has 2 heterocycles. The lowest BCUT2D eigenvalue weighted by Gasteiger charge is -2.10. The van der Waals surface area contributed by atoms with Crippen LogP contribution in [0.2, 0.25) is 5.02 Å². The molecule has 0 fully saturated rings. The molecule has 0 saturated heterocycles. The quantitative estimate of drug-likeness (QED) is 0.764. The van der Waals surface area contributed by atoms with Crippen LogP contribution in [-0.2, 0) is 0 Å². The highest BCUT2D eigenvalue weighted by molar-refractivity contribution is 7.16. The summed E-state index contributed by atoms with van der Waals surface area (Å²) in [6.45, 7) is 0. The first kappa shape index (κ1) is 13.6. The monoisotopic (exact) mass is 315 g/mol. The van der Waals surface area contributed by atoms with Crippen LogP contribution in [0.3, 0.4) is 0 Å². The van der Waals surface area contributed by atoms with Gasteiger partial charge in [-0.15, -0.1) is 11.3 Å². The Balaban J connectivity index is 2.09.